The first-order valence-corrected chi connectivity index (χ1v) is 6.51. The summed E-state index contributed by atoms with van der Waals surface area (Å²) in [5.41, 5.74) is 0.260. The van der Waals surface area contributed by atoms with Crippen molar-refractivity contribution >= 4 is 16.8 Å². The van der Waals surface area contributed by atoms with Crippen molar-refractivity contribution in [2.45, 2.75) is 25.1 Å². The van der Waals surface area contributed by atoms with Crippen LogP contribution in [0.2, 0.25) is 0 Å². The van der Waals surface area contributed by atoms with Crippen LogP contribution in [0.5, 0.6) is 0 Å². The molecule has 1 aromatic rings. The van der Waals surface area contributed by atoms with Gasteiger partial charge in [-0.1, -0.05) is 12.1 Å². The second-order valence-electron chi connectivity index (χ2n) is 3.90. The summed E-state index contributed by atoms with van der Waals surface area (Å²) < 4.78 is 37.1. The Morgan fingerprint density at radius 1 is 1.24 bits per heavy atom. The molecular weight excluding hydrogens is 247 g/mol. The summed E-state index contributed by atoms with van der Waals surface area (Å²) in [5.74, 6) is 0. The summed E-state index contributed by atoms with van der Waals surface area (Å²) in [6.45, 7) is 0. The molecule has 1 aliphatic heterocycles. The zero-order valence-corrected chi connectivity index (χ0v) is 10.1. The van der Waals surface area contributed by atoms with Crippen LogP contribution in [0.1, 0.15) is 30.0 Å². The van der Waals surface area contributed by atoms with Crippen molar-refractivity contribution < 1.29 is 13.2 Å². The molecule has 0 aromatic heterocycles. The normalized spacial score (nSPS) is 20.5. The van der Waals surface area contributed by atoms with E-state index < -0.39 is 11.7 Å². The van der Waals surface area contributed by atoms with E-state index in [0.29, 0.717) is 0 Å². The van der Waals surface area contributed by atoms with Gasteiger partial charge in [0.15, 0.2) is 0 Å². The number of nitrogens with zero attached hydrogens (tertiary/aromatic N) is 1. The van der Waals surface area contributed by atoms with Crippen LogP contribution in [0.25, 0.3) is 0 Å². The standard InChI is InChI=1S/C12H12F3NS/c1-17-11-7-6-10(16-11)8-2-4-9(5-3-8)12(13,14)15/h2-5,10H,6-7H2,1H3. The van der Waals surface area contributed by atoms with Gasteiger partial charge in [-0.3, -0.25) is 4.99 Å². The van der Waals surface area contributed by atoms with E-state index in [2.05, 4.69) is 4.99 Å². The zero-order chi connectivity index (χ0) is 12.5. The van der Waals surface area contributed by atoms with E-state index in [1.165, 1.54) is 12.1 Å². The number of benzene rings is 1. The lowest BCUT2D eigenvalue weighted by atomic mass is 10.0. The summed E-state index contributed by atoms with van der Waals surface area (Å²) >= 11 is 1.61. The van der Waals surface area contributed by atoms with Crippen LogP contribution in [-0.2, 0) is 6.18 Å². The lowest BCUT2D eigenvalue weighted by Crippen LogP contribution is -2.04. The second kappa shape index (κ2) is 4.72. The van der Waals surface area contributed by atoms with Crippen molar-refractivity contribution in [3.05, 3.63) is 35.4 Å². The van der Waals surface area contributed by atoms with Gasteiger partial charge in [0.1, 0.15) is 0 Å². The minimum Gasteiger partial charge on any atom is -0.275 e. The Bertz CT molecular complexity index is 422. The van der Waals surface area contributed by atoms with E-state index in [-0.39, 0.29) is 6.04 Å². The summed E-state index contributed by atoms with van der Waals surface area (Å²) in [4.78, 5) is 4.47. The third-order valence-electron chi connectivity index (χ3n) is 2.79. The highest BCUT2D eigenvalue weighted by Crippen LogP contribution is 2.34. The average molecular weight is 259 g/mol. The predicted molar refractivity (Wildman–Crippen MR) is 64.4 cm³/mol. The number of hydrogen-bond acceptors (Lipinski definition) is 2. The topological polar surface area (TPSA) is 12.4 Å². The quantitative estimate of drug-likeness (QED) is 0.732. The van der Waals surface area contributed by atoms with Gasteiger partial charge in [0, 0.05) is 0 Å². The maximum absolute atomic E-state index is 12.4. The molecule has 1 aliphatic rings. The molecule has 0 spiro atoms. The summed E-state index contributed by atoms with van der Waals surface area (Å²) in [7, 11) is 0. The SMILES string of the molecule is CSC1=NC(c2ccc(C(F)(F)F)cc2)CC1. The molecule has 2 rings (SSSR count). The highest BCUT2D eigenvalue weighted by molar-refractivity contribution is 8.13. The Morgan fingerprint density at radius 3 is 2.35 bits per heavy atom. The third kappa shape index (κ3) is 2.83. The molecule has 1 unspecified atom stereocenters. The van der Waals surface area contributed by atoms with Crippen molar-refractivity contribution in [3.8, 4) is 0 Å². The van der Waals surface area contributed by atoms with Crippen LogP contribution in [0.15, 0.2) is 29.3 Å². The summed E-state index contributed by atoms with van der Waals surface area (Å²) in [6, 6.07) is 5.34. The molecule has 1 heterocycles. The highest BCUT2D eigenvalue weighted by Gasteiger charge is 2.30. The van der Waals surface area contributed by atoms with E-state index in [1.54, 1.807) is 11.8 Å². The Labute approximate surface area is 102 Å². The van der Waals surface area contributed by atoms with Crippen LogP contribution in [-0.4, -0.2) is 11.3 Å². The van der Waals surface area contributed by atoms with Crippen LogP contribution >= 0.6 is 11.8 Å². The Kier molecular flexibility index (Phi) is 3.47. The van der Waals surface area contributed by atoms with Crippen LogP contribution in [0.3, 0.4) is 0 Å². The van der Waals surface area contributed by atoms with E-state index in [9.17, 15) is 13.2 Å². The molecule has 0 aliphatic carbocycles. The Balaban J connectivity index is 2.17. The minimum atomic E-state index is -4.26. The molecule has 1 aromatic carbocycles. The van der Waals surface area contributed by atoms with Gasteiger partial charge in [-0.15, -0.1) is 11.8 Å². The van der Waals surface area contributed by atoms with Crippen molar-refractivity contribution in [2.24, 2.45) is 4.99 Å². The number of aliphatic imine (C=N–C) groups is 1. The van der Waals surface area contributed by atoms with E-state index >= 15 is 0 Å². The first-order chi connectivity index (χ1) is 8.00. The van der Waals surface area contributed by atoms with Gasteiger partial charge in [-0.25, -0.2) is 0 Å². The molecule has 1 atom stereocenters. The van der Waals surface area contributed by atoms with Gasteiger partial charge >= 0.3 is 6.18 Å². The molecule has 0 radical (unpaired) electrons. The van der Waals surface area contributed by atoms with Crippen LogP contribution < -0.4 is 0 Å². The molecule has 92 valence electrons. The molecule has 0 N–H and O–H groups in total. The predicted octanol–water partition coefficient (Wildman–Crippen LogP) is 4.30. The average Bonchev–Trinajstić information content (AvgIpc) is 2.76. The molecule has 0 saturated heterocycles. The number of hydrogen-bond donors (Lipinski definition) is 0. The minimum absolute atomic E-state index is 0.0275. The molecule has 1 nitrogen and oxygen atoms in total. The zero-order valence-electron chi connectivity index (χ0n) is 9.29. The van der Waals surface area contributed by atoms with Gasteiger partial charge in [0.2, 0.25) is 0 Å². The van der Waals surface area contributed by atoms with Crippen LogP contribution in [0.4, 0.5) is 13.2 Å². The number of halogens is 3. The van der Waals surface area contributed by atoms with E-state index in [1.807, 2.05) is 6.26 Å². The summed E-state index contributed by atoms with van der Waals surface area (Å²) in [5, 5.41) is 1.08. The summed E-state index contributed by atoms with van der Waals surface area (Å²) in [6.07, 6.45) is -0.482. The number of rotatable bonds is 1. The molecule has 5 heteroatoms. The smallest absolute Gasteiger partial charge is 0.275 e. The molecular formula is C12H12F3NS. The first kappa shape index (κ1) is 12.5. The van der Waals surface area contributed by atoms with Gasteiger partial charge in [0.05, 0.1) is 16.6 Å². The fraction of sp³-hybridized carbons (Fsp3) is 0.417. The molecule has 17 heavy (non-hydrogen) atoms. The second-order valence-corrected chi connectivity index (χ2v) is 4.78. The Hall–Kier alpha value is -0.970. The molecule has 0 saturated carbocycles. The molecule has 0 fully saturated rings. The highest BCUT2D eigenvalue weighted by atomic mass is 32.2. The van der Waals surface area contributed by atoms with Gasteiger partial charge in [0.25, 0.3) is 0 Å². The lowest BCUT2D eigenvalue weighted by Gasteiger charge is -2.10. The Morgan fingerprint density at radius 2 is 1.88 bits per heavy atom. The van der Waals surface area contributed by atoms with Gasteiger partial charge in [-0.2, -0.15) is 13.2 Å². The van der Waals surface area contributed by atoms with E-state index in [4.69, 9.17) is 0 Å². The molecule has 0 bridgehead atoms. The fourth-order valence-electron chi connectivity index (χ4n) is 1.85. The third-order valence-corrected chi connectivity index (χ3v) is 3.57. The van der Waals surface area contributed by atoms with Crippen molar-refractivity contribution in [1.29, 1.82) is 0 Å². The van der Waals surface area contributed by atoms with Crippen molar-refractivity contribution in [3.63, 3.8) is 0 Å². The van der Waals surface area contributed by atoms with Crippen LogP contribution in [0, 0.1) is 0 Å². The van der Waals surface area contributed by atoms with Crippen molar-refractivity contribution in [2.75, 3.05) is 6.26 Å². The van der Waals surface area contributed by atoms with Gasteiger partial charge in [-0.05, 0) is 36.8 Å². The lowest BCUT2D eigenvalue weighted by molar-refractivity contribution is -0.137. The van der Waals surface area contributed by atoms with E-state index in [0.717, 1.165) is 35.6 Å². The fourth-order valence-corrected chi connectivity index (χ4v) is 2.41. The first-order valence-electron chi connectivity index (χ1n) is 5.28. The van der Waals surface area contributed by atoms with Gasteiger partial charge < -0.3 is 0 Å². The van der Waals surface area contributed by atoms with Crippen molar-refractivity contribution in [1.82, 2.24) is 0 Å². The number of alkyl halides is 3. The largest absolute Gasteiger partial charge is 0.416 e. The maximum Gasteiger partial charge on any atom is 0.416 e. The number of thioether (sulfide) groups is 1. The monoisotopic (exact) mass is 259 g/mol. The maximum atomic E-state index is 12.4. The molecule has 0 amide bonds.